The third-order valence-corrected chi connectivity index (χ3v) is 5.43. The van der Waals surface area contributed by atoms with Crippen LogP contribution in [0.2, 0.25) is 0 Å². The number of carbonyl (C=O) groups excluding carboxylic acids is 1. The Hall–Kier alpha value is -2.80. The van der Waals surface area contributed by atoms with Gasteiger partial charge in [-0.2, -0.15) is 4.99 Å². The lowest BCUT2D eigenvalue weighted by Gasteiger charge is -2.07. The van der Waals surface area contributed by atoms with E-state index in [0.29, 0.717) is 21.9 Å². The number of methoxy groups -OCH3 is 3. The van der Waals surface area contributed by atoms with E-state index in [4.69, 9.17) is 14.2 Å². The van der Waals surface area contributed by atoms with Crippen molar-refractivity contribution in [1.29, 1.82) is 0 Å². The van der Waals surface area contributed by atoms with Crippen LogP contribution in [0.1, 0.15) is 15.9 Å². The van der Waals surface area contributed by atoms with E-state index in [1.165, 1.54) is 18.4 Å². The first-order chi connectivity index (χ1) is 12.5. The number of hydrogen-bond donors (Lipinski definition) is 0. The molecule has 0 atom stereocenters. The number of hydrogen-bond acceptors (Lipinski definition) is 5. The van der Waals surface area contributed by atoms with E-state index in [9.17, 15) is 4.79 Å². The molecular weight excluding hydrogens is 352 g/mol. The molecule has 7 heteroatoms. The molecule has 0 radical (unpaired) electrons. The number of nitrogens with zero attached hydrogens (tertiary/aromatic N) is 2. The Labute approximate surface area is 155 Å². The van der Waals surface area contributed by atoms with Crippen LogP contribution in [0.5, 0.6) is 17.2 Å². The maximum absolute atomic E-state index is 12.8. The van der Waals surface area contributed by atoms with Crippen molar-refractivity contribution in [3.05, 3.63) is 46.3 Å². The average Bonchev–Trinajstić information content (AvgIpc) is 2.99. The van der Waals surface area contributed by atoms with Gasteiger partial charge in [-0.1, -0.05) is 17.4 Å². The summed E-state index contributed by atoms with van der Waals surface area (Å²) < 4.78 is 18.9. The highest BCUT2D eigenvalue weighted by atomic mass is 32.1. The Morgan fingerprint density at radius 3 is 2.38 bits per heavy atom. The fourth-order valence-corrected chi connectivity index (χ4v) is 3.85. The summed E-state index contributed by atoms with van der Waals surface area (Å²) in [4.78, 5) is 17.7. The van der Waals surface area contributed by atoms with Crippen LogP contribution in [-0.2, 0) is 7.05 Å². The van der Waals surface area contributed by atoms with E-state index < -0.39 is 0 Å². The zero-order chi connectivity index (χ0) is 18.8. The van der Waals surface area contributed by atoms with Crippen LogP contribution in [0, 0.1) is 6.92 Å². The van der Waals surface area contributed by atoms with Crippen molar-refractivity contribution in [3.8, 4) is 17.2 Å². The molecule has 0 unspecified atom stereocenters. The minimum Gasteiger partial charge on any atom is -0.497 e. The van der Waals surface area contributed by atoms with Crippen molar-refractivity contribution in [3.63, 3.8) is 0 Å². The number of aromatic nitrogens is 1. The fraction of sp³-hybridized carbons (Fsp3) is 0.263. The molecular formula is C19H20N2O4S. The highest BCUT2D eigenvalue weighted by Crippen LogP contribution is 2.30. The molecule has 1 amide bonds. The molecule has 0 aliphatic heterocycles. The van der Waals surface area contributed by atoms with Gasteiger partial charge in [0, 0.05) is 7.05 Å². The summed E-state index contributed by atoms with van der Waals surface area (Å²) in [7, 11) is 6.57. The van der Waals surface area contributed by atoms with Gasteiger partial charge in [-0.05, 0) is 36.8 Å². The van der Waals surface area contributed by atoms with Crippen LogP contribution in [0.4, 0.5) is 0 Å². The SMILES string of the molecule is COc1ccc(OC)c(C(=O)N=c2sc3c(C)ccc(OC)c3n2C)c1. The number of rotatable bonds is 4. The van der Waals surface area contributed by atoms with Crippen molar-refractivity contribution in [2.75, 3.05) is 21.3 Å². The number of fused-ring (bicyclic) bond motifs is 1. The van der Waals surface area contributed by atoms with Gasteiger partial charge in [0.2, 0.25) is 0 Å². The molecule has 2 aromatic carbocycles. The van der Waals surface area contributed by atoms with Gasteiger partial charge in [-0.25, -0.2) is 0 Å². The third kappa shape index (κ3) is 3.06. The van der Waals surface area contributed by atoms with Gasteiger partial charge in [-0.3, -0.25) is 4.79 Å². The number of thiazole rings is 1. The van der Waals surface area contributed by atoms with Gasteiger partial charge >= 0.3 is 0 Å². The lowest BCUT2D eigenvalue weighted by molar-refractivity contribution is 0.0994. The molecule has 0 saturated carbocycles. The first-order valence-corrected chi connectivity index (χ1v) is 8.76. The molecule has 0 aliphatic carbocycles. The zero-order valence-corrected chi connectivity index (χ0v) is 16.1. The Morgan fingerprint density at radius 1 is 1.04 bits per heavy atom. The quantitative estimate of drug-likeness (QED) is 0.705. The van der Waals surface area contributed by atoms with E-state index in [2.05, 4.69) is 4.99 Å². The molecule has 0 bridgehead atoms. The maximum Gasteiger partial charge on any atom is 0.283 e. The minimum absolute atomic E-state index is 0.355. The molecule has 0 N–H and O–H groups in total. The van der Waals surface area contributed by atoms with E-state index in [1.54, 1.807) is 32.4 Å². The van der Waals surface area contributed by atoms with Crippen LogP contribution in [0.3, 0.4) is 0 Å². The van der Waals surface area contributed by atoms with Gasteiger partial charge in [0.25, 0.3) is 5.91 Å². The number of carbonyl (C=O) groups is 1. The van der Waals surface area contributed by atoms with Gasteiger partial charge in [0.1, 0.15) is 22.8 Å². The van der Waals surface area contributed by atoms with E-state index in [-0.39, 0.29) is 5.91 Å². The van der Waals surface area contributed by atoms with E-state index in [0.717, 1.165) is 21.5 Å². The predicted molar refractivity (Wildman–Crippen MR) is 102 cm³/mol. The molecule has 0 fully saturated rings. The van der Waals surface area contributed by atoms with Gasteiger partial charge < -0.3 is 18.8 Å². The highest BCUT2D eigenvalue weighted by Gasteiger charge is 2.15. The second kappa shape index (κ2) is 7.21. The summed E-state index contributed by atoms with van der Waals surface area (Å²) in [6.45, 7) is 2.02. The Kier molecular flexibility index (Phi) is 4.99. The first kappa shape index (κ1) is 18.0. The molecule has 136 valence electrons. The van der Waals surface area contributed by atoms with Crippen LogP contribution in [0.25, 0.3) is 10.2 Å². The number of benzene rings is 2. The summed E-state index contributed by atoms with van der Waals surface area (Å²) in [5.74, 6) is 1.39. The van der Waals surface area contributed by atoms with Gasteiger partial charge in [0.05, 0.1) is 31.6 Å². The molecule has 0 saturated heterocycles. The third-order valence-electron chi connectivity index (χ3n) is 4.16. The molecule has 3 aromatic rings. The first-order valence-electron chi connectivity index (χ1n) is 7.94. The Balaban J connectivity index is 2.18. The number of amides is 1. The Morgan fingerprint density at radius 2 is 1.73 bits per heavy atom. The van der Waals surface area contributed by atoms with Crippen LogP contribution < -0.4 is 19.0 Å². The standard InChI is InChI=1S/C19H20N2O4S/c1-11-6-8-15(25-5)16-17(11)26-19(21(16)2)20-18(22)13-10-12(23-3)7-9-14(13)24-4/h6-10H,1-5H3. The molecule has 0 aliphatic rings. The molecule has 0 spiro atoms. The molecule has 6 nitrogen and oxygen atoms in total. The highest BCUT2D eigenvalue weighted by molar-refractivity contribution is 7.16. The normalized spacial score (nSPS) is 11.7. The molecule has 1 heterocycles. The lowest BCUT2D eigenvalue weighted by Crippen LogP contribution is -2.14. The molecule has 1 aromatic heterocycles. The zero-order valence-electron chi connectivity index (χ0n) is 15.3. The smallest absolute Gasteiger partial charge is 0.283 e. The van der Waals surface area contributed by atoms with E-state index in [1.807, 2.05) is 30.7 Å². The van der Waals surface area contributed by atoms with Gasteiger partial charge in [-0.15, -0.1) is 0 Å². The summed E-state index contributed by atoms with van der Waals surface area (Å²) in [6.07, 6.45) is 0. The van der Waals surface area contributed by atoms with Crippen molar-refractivity contribution in [2.45, 2.75) is 6.92 Å². The molecule has 26 heavy (non-hydrogen) atoms. The second-order valence-electron chi connectivity index (χ2n) is 5.69. The van der Waals surface area contributed by atoms with Crippen LogP contribution in [0.15, 0.2) is 35.3 Å². The van der Waals surface area contributed by atoms with Crippen molar-refractivity contribution < 1.29 is 19.0 Å². The monoisotopic (exact) mass is 372 g/mol. The number of aryl methyl sites for hydroxylation is 2. The topological polar surface area (TPSA) is 62.1 Å². The van der Waals surface area contributed by atoms with Crippen molar-refractivity contribution in [2.24, 2.45) is 12.0 Å². The predicted octanol–water partition coefficient (Wildman–Crippen LogP) is 3.32. The van der Waals surface area contributed by atoms with Crippen molar-refractivity contribution in [1.82, 2.24) is 4.57 Å². The number of ether oxygens (including phenoxy) is 3. The second-order valence-corrected chi connectivity index (χ2v) is 6.67. The largest absolute Gasteiger partial charge is 0.497 e. The summed E-state index contributed by atoms with van der Waals surface area (Å²) >= 11 is 1.45. The lowest BCUT2D eigenvalue weighted by atomic mass is 10.2. The fourth-order valence-electron chi connectivity index (χ4n) is 2.75. The van der Waals surface area contributed by atoms with E-state index >= 15 is 0 Å². The summed E-state index contributed by atoms with van der Waals surface area (Å²) in [6, 6.07) is 8.97. The van der Waals surface area contributed by atoms with Crippen LogP contribution >= 0.6 is 11.3 Å². The minimum atomic E-state index is -0.389. The summed E-state index contributed by atoms with van der Waals surface area (Å²) in [5.41, 5.74) is 2.38. The summed E-state index contributed by atoms with van der Waals surface area (Å²) in [5, 5.41) is 0. The van der Waals surface area contributed by atoms with Gasteiger partial charge in [0.15, 0.2) is 4.80 Å². The van der Waals surface area contributed by atoms with Crippen LogP contribution in [-0.4, -0.2) is 31.8 Å². The average molecular weight is 372 g/mol. The Bertz CT molecular complexity index is 1050. The maximum atomic E-state index is 12.8. The van der Waals surface area contributed by atoms with Crippen molar-refractivity contribution >= 4 is 27.5 Å². The molecule has 3 rings (SSSR count).